The Balaban J connectivity index is 2.53. The Labute approximate surface area is 319 Å². The van der Waals surface area contributed by atoms with E-state index < -0.39 is 58.9 Å². The first-order valence-electron chi connectivity index (χ1n) is 17.2. The maximum atomic E-state index is 12.7. The number of alkyl carbamates (subject to hydrolysis) is 1. The molecule has 1 rings (SSSR count). The van der Waals surface area contributed by atoms with Crippen LogP contribution in [-0.2, 0) is 54.1 Å². The summed E-state index contributed by atoms with van der Waals surface area (Å²) in [6, 6.07) is 4.16. The molecule has 0 spiro atoms. The van der Waals surface area contributed by atoms with Gasteiger partial charge in [0.2, 0.25) is 11.8 Å². The minimum Gasteiger partial charge on any atom is -0.506 e. The Kier molecular flexibility index (Phi) is 20.7. The molecule has 0 saturated carbocycles. The predicted molar refractivity (Wildman–Crippen MR) is 199 cm³/mol. The summed E-state index contributed by atoms with van der Waals surface area (Å²) in [6.07, 6.45) is 0.945. The molecule has 298 valence electrons. The number of hydrogen-bond acceptors (Lipinski definition) is 12. The molecule has 0 bridgehead atoms. The Hall–Kier alpha value is -4.22. The van der Waals surface area contributed by atoms with Gasteiger partial charge in [-0.1, -0.05) is 13.0 Å². The fourth-order valence-electron chi connectivity index (χ4n) is 4.33. The van der Waals surface area contributed by atoms with Gasteiger partial charge in [-0.3, -0.25) is 24.0 Å². The molecule has 17 heteroatoms. The first-order chi connectivity index (χ1) is 24.7. The summed E-state index contributed by atoms with van der Waals surface area (Å²) in [7, 11) is 1.24. The number of carbonyl (C=O) groups is 6. The molecule has 1 aromatic carbocycles. The van der Waals surface area contributed by atoms with Crippen LogP contribution in [0.4, 0.5) is 10.5 Å². The number of hydrogen-bond donors (Lipinski definition) is 5. The second kappa shape index (κ2) is 23.4. The standard InChI is InChI=1S/C36H55BrN4O12/c1-23(33(47)52-35(2,3)4)19-25(40-34(48)53-36(5,6)7)20-24-9-10-28(42)27(21-24)41-29(43)12-15-50-17-18-51-16-14-38-30(44)22-26(37)32(46)39-13-11-31(45)49-8/h9-10,21-23,25,42H,11-20H2,1-8H3,(H,38,44)(H,39,46)(H,40,48)(H,41,43)/b26-22+. The number of carbonyl (C=O) groups excluding carboxylic acids is 6. The van der Waals surface area contributed by atoms with Crippen LogP contribution < -0.4 is 21.3 Å². The van der Waals surface area contributed by atoms with E-state index in [1.54, 1.807) is 60.6 Å². The SMILES string of the molecule is COC(=O)CCNC(=O)/C(Br)=C\C(=O)NCCOCCOCCC(=O)Nc1cc(CC(CC(C)C(=O)OC(C)(C)C)NC(=O)OC(C)(C)C)ccc1O. The molecule has 0 aromatic heterocycles. The Morgan fingerprint density at radius 3 is 2.13 bits per heavy atom. The summed E-state index contributed by atoms with van der Waals surface area (Å²) in [5.41, 5.74) is -0.538. The van der Waals surface area contributed by atoms with Crippen molar-refractivity contribution in [2.75, 3.05) is 51.9 Å². The summed E-state index contributed by atoms with van der Waals surface area (Å²) >= 11 is 3.02. The van der Waals surface area contributed by atoms with Crippen molar-refractivity contribution in [3.8, 4) is 5.75 Å². The average molecular weight is 816 g/mol. The third kappa shape index (κ3) is 22.5. The van der Waals surface area contributed by atoms with Gasteiger partial charge >= 0.3 is 18.0 Å². The minimum atomic E-state index is -0.729. The van der Waals surface area contributed by atoms with Crippen LogP contribution in [0.25, 0.3) is 0 Å². The lowest BCUT2D eigenvalue weighted by Gasteiger charge is -2.27. The first-order valence-corrected chi connectivity index (χ1v) is 18.0. The monoisotopic (exact) mass is 814 g/mol. The predicted octanol–water partition coefficient (Wildman–Crippen LogP) is 3.63. The number of ether oxygens (including phenoxy) is 5. The van der Waals surface area contributed by atoms with Gasteiger partial charge in [0.25, 0.3) is 5.91 Å². The van der Waals surface area contributed by atoms with Gasteiger partial charge in [0.1, 0.15) is 17.0 Å². The summed E-state index contributed by atoms with van der Waals surface area (Å²) in [5.74, 6) is -3.04. The molecule has 1 aromatic rings. The van der Waals surface area contributed by atoms with Gasteiger partial charge in [-0.05, 0) is 88.0 Å². The van der Waals surface area contributed by atoms with Crippen LogP contribution in [0, 0.1) is 5.92 Å². The van der Waals surface area contributed by atoms with Gasteiger partial charge < -0.3 is 50.1 Å². The Bertz CT molecular complexity index is 1420. The second-order valence-corrected chi connectivity index (χ2v) is 14.8. The number of benzene rings is 1. The largest absolute Gasteiger partial charge is 0.506 e. The summed E-state index contributed by atoms with van der Waals surface area (Å²) < 4.78 is 26.3. The van der Waals surface area contributed by atoms with Crippen molar-refractivity contribution in [2.45, 2.75) is 91.4 Å². The number of esters is 2. The molecule has 0 aliphatic rings. The maximum absolute atomic E-state index is 12.7. The third-order valence-corrected chi connectivity index (χ3v) is 7.28. The summed E-state index contributed by atoms with van der Waals surface area (Å²) in [6.45, 7) is 13.2. The number of rotatable bonds is 21. The van der Waals surface area contributed by atoms with Crippen molar-refractivity contribution in [1.82, 2.24) is 16.0 Å². The number of phenolic OH excluding ortho intramolecular Hbond substituents is 1. The molecule has 0 radical (unpaired) electrons. The number of halogens is 1. The second-order valence-electron chi connectivity index (χ2n) is 14.0. The zero-order chi connectivity index (χ0) is 40.2. The van der Waals surface area contributed by atoms with E-state index in [2.05, 4.69) is 41.9 Å². The molecular formula is C36H55BrN4O12. The van der Waals surface area contributed by atoms with E-state index in [0.29, 0.717) is 5.56 Å². The van der Waals surface area contributed by atoms with Crippen LogP contribution in [0.3, 0.4) is 0 Å². The van der Waals surface area contributed by atoms with E-state index in [4.69, 9.17) is 18.9 Å². The van der Waals surface area contributed by atoms with E-state index in [0.717, 1.165) is 6.08 Å². The zero-order valence-corrected chi connectivity index (χ0v) is 33.4. The van der Waals surface area contributed by atoms with Crippen LogP contribution in [0.1, 0.15) is 73.3 Å². The fourth-order valence-corrected chi connectivity index (χ4v) is 4.68. The number of phenols is 1. The minimum absolute atomic E-state index is 0.00291. The van der Waals surface area contributed by atoms with Gasteiger partial charge in [0.05, 0.1) is 62.5 Å². The van der Waals surface area contributed by atoms with Gasteiger partial charge in [-0.2, -0.15) is 0 Å². The van der Waals surface area contributed by atoms with Gasteiger partial charge in [-0.15, -0.1) is 0 Å². The lowest BCUT2D eigenvalue weighted by atomic mass is 9.95. The lowest BCUT2D eigenvalue weighted by molar-refractivity contribution is -0.159. The number of methoxy groups -OCH3 is 1. The molecule has 4 amide bonds. The van der Waals surface area contributed by atoms with Crippen LogP contribution >= 0.6 is 15.9 Å². The third-order valence-electron chi connectivity index (χ3n) is 6.69. The first kappa shape index (κ1) is 46.8. The molecule has 0 fully saturated rings. The highest BCUT2D eigenvalue weighted by molar-refractivity contribution is 9.12. The number of aromatic hydroxyl groups is 1. The van der Waals surface area contributed by atoms with Gasteiger partial charge in [0.15, 0.2) is 0 Å². The maximum Gasteiger partial charge on any atom is 0.407 e. The van der Waals surface area contributed by atoms with Crippen molar-refractivity contribution in [3.63, 3.8) is 0 Å². The number of anilines is 1. The van der Waals surface area contributed by atoms with Crippen LogP contribution in [-0.4, -0.2) is 105 Å². The van der Waals surface area contributed by atoms with E-state index in [1.807, 2.05) is 0 Å². The molecule has 2 unspecified atom stereocenters. The molecule has 2 atom stereocenters. The van der Waals surface area contributed by atoms with Gasteiger partial charge in [-0.25, -0.2) is 4.79 Å². The van der Waals surface area contributed by atoms with Gasteiger partial charge in [0, 0.05) is 25.2 Å². The molecule has 53 heavy (non-hydrogen) atoms. The molecular weight excluding hydrogens is 760 g/mol. The molecule has 0 aliphatic heterocycles. The van der Waals surface area contributed by atoms with Crippen LogP contribution in [0.5, 0.6) is 5.75 Å². The summed E-state index contributed by atoms with van der Waals surface area (Å²) in [4.78, 5) is 72.9. The zero-order valence-electron chi connectivity index (χ0n) is 31.9. The average Bonchev–Trinajstić information content (AvgIpc) is 3.03. The van der Waals surface area contributed by atoms with Crippen LogP contribution in [0.2, 0.25) is 0 Å². The topological polar surface area (TPSA) is 217 Å². The molecule has 0 aliphatic carbocycles. The lowest BCUT2D eigenvalue weighted by Crippen LogP contribution is -2.42. The molecule has 0 heterocycles. The normalized spacial score (nSPS) is 12.9. The molecule has 16 nitrogen and oxygen atoms in total. The van der Waals surface area contributed by atoms with Crippen molar-refractivity contribution < 1.29 is 57.6 Å². The highest BCUT2D eigenvalue weighted by atomic mass is 79.9. The van der Waals surface area contributed by atoms with Crippen molar-refractivity contribution in [2.24, 2.45) is 5.92 Å². The quantitative estimate of drug-likeness (QED) is 0.0396. The highest BCUT2D eigenvalue weighted by Gasteiger charge is 2.27. The molecule has 0 saturated heterocycles. The fraction of sp³-hybridized carbons (Fsp3) is 0.611. The van der Waals surface area contributed by atoms with Crippen molar-refractivity contribution in [3.05, 3.63) is 34.3 Å². The van der Waals surface area contributed by atoms with E-state index in [1.165, 1.54) is 13.2 Å². The van der Waals surface area contributed by atoms with Crippen molar-refractivity contribution in [1.29, 1.82) is 0 Å². The summed E-state index contributed by atoms with van der Waals surface area (Å²) in [5, 5.41) is 20.9. The van der Waals surface area contributed by atoms with Crippen LogP contribution in [0.15, 0.2) is 28.8 Å². The Morgan fingerprint density at radius 2 is 1.51 bits per heavy atom. The molecule has 5 N–H and O–H groups in total. The Morgan fingerprint density at radius 1 is 0.868 bits per heavy atom. The van der Waals surface area contributed by atoms with E-state index >= 15 is 0 Å². The number of amides is 4. The van der Waals surface area contributed by atoms with E-state index in [-0.39, 0.29) is 81.1 Å². The van der Waals surface area contributed by atoms with Crippen molar-refractivity contribution >= 4 is 57.4 Å². The highest BCUT2D eigenvalue weighted by Crippen LogP contribution is 2.26. The number of nitrogens with one attached hydrogen (secondary N) is 4. The van der Waals surface area contributed by atoms with E-state index in [9.17, 15) is 33.9 Å². The smallest absolute Gasteiger partial charge is 0.407 e.